The van der Waals surface area contributed by atoms with Crippen molar-refractivity contribution < 1.29 is 21.6 Å². The standard InChI is InChI=1S/C22H31N3O5S2/c1-5-24(6-2)32(29,30)21-15-11-19(12-16-21)23-22(26)8-7-17-25(31(4,27)28)20-13-9-18(3)10-14-20/h9-16H,5-8,17H2,1-4H3,(H,23,26). The number of carbonyl (C=O) groups is 1. The van der Waals surface area contributed by atoms with Gasteiger partial charge in [-0.15, -0.1) is 0 Å². The van der Waals surface area contributed by atoms with E-state index in [-0.39, 0.29) is 23.8 Å². The van der Waals surface area contributed by atoms with Gasteiger partial charge in [0.1, 0.15) is 0 Å². The predicted molar refractivity (Wildman–Crippen MR) is 128 cm³/mol. The first-order chi connectivity index (χ1) is 15.0. The van der Waals surface area contributed by atoms with Crippen LogP contribution in [-0.2, 0) is 24.8 Å². The van der Waals surface area contributed by atoms with Gasteiger partial charge in [0, 0.05) is 31.7 Å². The van der Waals surface area contributed by atoms with Crippen molar-refractivity contribution in [1.82, 2.24) is 4.31 Å². The third-order valence-corrected chi connectivity index (χ3v) is 8.23. The molecule has 0 aliphatic carbocycles. The molecule has 0 radical (unpaired) electrons. The molecule has 0 heterocycles. The lowest BCUT2D eigenvalue weighted by atomic mass is 10.2. The van der Waals surface area contributed by atoms with Gasteiger partial charge >= 0.3 is 0 Å². The Labute approximate surface area is 191 Å². The molecule has 2 aromatic carbocycles. The maximum Gasteiger partial charge on any atom is 0.243 e. The van der Waals surface area contributed by atoms with Crippen LogP contribution in [0.25, 0.3) is 0 Å². The Bertz CT molecular complexity index is 1110. The van der Waals surface area contributed by atoms with Crippen LogP contribution >= 0.6 is 0 Å². The summed E-state index contributed by atoms with van der Waals surface area (Å²) < 4.78 is 52.0. The van der Waals surface area contributed by atoms with E-state index < -0.39 is 20.0 Å². The highest BCUT2D eigenvalue weighted by atomic mass is 32.2. The molecular weight excluding hydrogens is 450 g/mol. The summed E-state index contributed by atoms with van der Waals surface area (Å²) in [4.78, 5) is 12.5. The number of benzene rings is 2. The fourth-order valence-electron chi connectivity index (χ4n) is 3.23. The molecule has 32 heavy (non-hydrogen) atoms. The van der Waals surface area contributed by atoms with Gasteiger partial charge in [-0.2, -0.15) is 4.31 Å². The molecule has 176 valence electrons. The minimum Gasteiger partial charge on any atom is -0.326 e. The molecule has 1 N–H and O–H groups in total. The number of nitrogens with zero attached hydrogens (tertiary/aromatic N) is 2. The first-order valence-electron chi connectivity index (χ1n) is 10.4. The molecule has 0 bridgehead atoms. The molecular formula is C22H31N3O5S2. The van der Waals surface area contributed by atoms with Crippen LogP contribution in [0.3, 0.4) is 0 Å². The second-order valence-corrected chi connectivity index (χ2v) is 11.3. The first kappa shape index (κ1) is 25.8. The van der Waals surface area contributed by atoms with Crippen molar-refractivity contribution in [2.75, 3.05) is 35.5 Å². The topological polar surface area (TPSA) is 104 Å². The molecule has 2 aromatic rings. The van der Waals surface area contributed by atoms with Gasteiger partial charge in [-0.1, -0.05) is 31.5 Å². The average Bonchev–Trinajstić information content (AvgIpc) is 2.72. The van der Waals surface area contributed by atoms with Gasteiger partial charge in [-0.3, -0.25) is 9.10 Å². The maximum atomic E-state index is 12.5. The van der Waals surface area contributed by atoms with E-state index in [4.69, 9.17) is 0 Å². The molecule has 0 fully saturated rings. The SMILES string of the molecule is CCN(CC)S(=O)(=O)c1ccc(NC(=O)CCCN(c2ccc(C)cc2)S(C)(=O)=O)cc1. The lowest BCUT2D eigenvalue weighted by Crippen LogP contribution is -2.31. The molecule has 8 nitrogen and oxygen atoms in total. The molecule has 0 atom stereocenters. The summed E-state index contributed by atoms with van der Waals surface area (Å²) in [6.07, 6.45) is 1.60. The fourth-order valence-corrected chi connectivity index (χ4v) is 5.65. The summed E-state index contributed by atoms with van der Waals surface area (Å²) >= 11 is 0. The van der Waals surface area contributed by atoms with Gasteiger partial charge in [-0.05, 0) is 49.7 Å². The van der Waals surface area contributed by atoms with Crippen LogP contribution in [0.4, 0.5) is 11.4 Å². The Hall–Kier alpha value is -2.43. The number of anilines is 2. The van der Waals surface area contributed by atoms with Gasteiger partial charge in [0.25, 0.3) is 0 Å². The van der Waals surface area contributed by atoms with Crippen LogP contribution in [0.15, 0.2) is 53.4 Å². The van der Waals surface area contributed by atoms with Crippen molar-refractivity contribution in [2.24, 2.45) is 0 Å². The number of aryl methyl sites for hydroxylation is 1. The third-order valence-electron chi connectivity index (χ3n) is 4.97. The number of rotatable bonds is 11. The highest BCUT2D eigenvalue weighted by Crippen LogP contribution is 2.20. The van der Waals surface area contributed by atoms with Crippen LogP contribution in [0.5, 0.6) is 0 Å². The van der Waals surface area contributed by atoms with Crippen LogP contribution in [0, 0.1) is 6.92 Å². The van der Waals surface area contributed by atoms with Gasteiger partial charge in [0.15, 0.2) is 0 Å². The van der Waals surface area contributed by atoms with E-state index in [2.05, 4.69) is 5.32 Å². The van der Waals surface area contributed by atoms with Gasteiger partial charge in [0.05, 0.1) is 16.8 Å². The van der Waals surface area contributed by atoms with Gasteiger partial charge < -0.3 is 5.32 Å². The van der Waals surface area contributed by atoms with Crippen molar-refractivity contribution in [3.05, 3.63) is 54.1 Å². The molecule has 1 amide bonds. The predicted octanol–water partition coefficient (Wildman–Crippen LogP) is 3.21. The monoisotopic (exact) mass is 481 g/mol. The Morgan fingerprint density at radius 1 is 0.906 bits per heavy atom. The van der Waals surface area contributed by atoms with E-state index in [1.165, 1.54) is 20.7 Å². The van der Waals surface area contributed by atoms with Gasteiger partial charge in [-0.25, -0.2) is 16.8 Å². The van der Waals surface area contributed by atoms with Crippen molar-refractivity contribution in [1.29, 1.82) is 0 Å². The normalized spacial score (nSPS) is 12.0. The zero-order valence-electron chi connectivity index (χ0n) is 18.9. The highest BCUT2D eigenvalue weighted by Gasteiger charge is 2.21. The molecule has 2 rings (SSSR count). The minimum atomic E-state index is -3.56. The largest absolute Gasteiger partial charge is 0.326 e. The smallest absolute Gasteiger partial charge is 0.243 e. The lowest BCUT2D eigenvalue weighted by molar-refractivity contribution is -0.116. The Morgan fingerprint density at radius 3 is 1.97 bits per heavy atom. The van der Waals surface area contributed by atoms with Crippen molar-refractivity contribution >= 4 is 37.3 Å². The van der Waals surface area contributed by atoms with E-state index >= 15 is 0 Å². The number of hydrogen-bond donors (Lipinski definition) is 1. The van der Waals surface area contributed by atoms with E-state index in [1.807, 2.05) is 19.1 Å². The van der Waals surface area contributed by atoms with Crippen molar-refractivity contribution in [3.63, 3.8) is 0 Å². The molecule has 0 saturated carbocycles. The number of sulfonamides is 2. The Morgan fingerprint density at radius 2 is 1.47 bits per heavy atom. The second kappa shape index (κ2) is 10.9. The van der Waals surface area contributed by atoms with Crippen LogP contribution in [0.2, 0.25) is 0 Å². The van der Waals surface area contributed by atoms with E-state index in [0.29, 0.717) is 30.9 Å². The second-order valence-electron chi connectivity index (χ2n) is 7.44. The summed E-state index contributed by atoms with van der Waals surface area (Å²) in [5.74, 6) is -0.276. The number of carbonyl (C=O) groups excluding carboxylic acids is 1. The minimum absolute atomic E-state index is 0.122. The molecule has 0 spiro atoms. The molecule has 0 unspecified atom stereocenters. The summed E-state index contributed by atoms with van der Waals surface area (Å²) in [5, 5.41) is 2.72. The zero-order chi connectivity index (χ0) is 23.9. The molecule has 0 aliphatic heterocycles. The van der Waals surface area contributed by atoms with E-state index in [9.17, 15) is 21.6 Å². The Kier molecular flexibility index (Phi) is 8.82. The number of amides is 1. The van der Waals surface area contributed by atoms with Crippen LogP contribution in [-0.4, -0.2) is 52.9 Å². The summed E-state index contributed by atoms with van der Waals surface area (Å²) in [7, 11) is -7.03. The average molecular weight is 482 g/mol. The third kappa shape index (κ3) is 6.78. The van der Waals surface area contributed by atoms with Crippen molar-refractivity contribution in [3.8, 4) is 0 Å². The summed E-state index contributed by atoms with van der Waals surface area (Å²) in [5.41, 5.74) is 2.06. The van der Waals surface area contributed by atoms with Crippen LogP contribution < -0.4 is 9.62 Å². The highest BCUT2D eigenvalue weighted by molar-refractivity contribution is 7.92. The van der Waals surface area contributed by atoms with Crippen LogP contribution in [0.1, 0.15) is 32.3 Å². The maximum absolute atomic E-state index is 12.5. The number of hydrogen-bond acceptors (Lipinski definition) is 5. The summed E-state index contributed by atoms with van der Waals surface area (Å²) in [6, 6.07) is 13.2. The lowest BCUT2D eigenvalue weighted by Gasteiger charge is -2.22. The molecule has 0 aliphatic rings. The van der Waals surface area contributed by atoms with Gasteiger partial charge in [0.2, 0.25) is 26.0 Å². The number of nitrogens with one attached hydrogen (secondary N) is 1. The Balaban J connectivity index is 1.97. The quantitative estimate of drug-likeness (QED) is 0.531. The summed E-state index contributed by atoms with van der Waals surface area (Å²) in [6.45, 7) is 6.41. The first-order valence-corrected chi connectivity index (χ1v) is 13.7. The molecule has 10 heteroatoms. The molecule has 0 aromatic heterocycles. The zero-order valence-corrected chi connectivity index (χ0v) is 20.5. The van der Waals surface area contributed by atoms with E-state index in [0.717, 1.165) is 11.8 Å². The fraction of sp³-hybridized carbons (Fsp3) is 0.409. The molecule has 0 saturated heterocycles. The van der Waals surface area contributed by atoms with Crippen molar-refractivity contribution in [2.45, 2.75) is 38.5 Å². The van der Waals surface area contributed by atoms with E-state index in [1.54, 1.807) is 38.1 Å².